The summed E-state index contributed by atoms with van der Waals surface area (Å²) < 4.78 is 27.4. The van der Waals surface area contributed by atoms with E-state index in [1.807, 2.05) is 0 Å². The summed E-state index contributed by atoms with van der Waals surface area (Å²) >= 11 is 0. The molecule has 1 amide bonds. The third-order valence-electron chi connectivity index (χ3n) is 5.46. The van der Waals surface area contributed by atoms with Gasteiger partial charge in [0.2, 0.25) is 18.3 Å². The number of aromatic hydroxyl groups is 1. The van der Waals surface area contributed by atoms with Crippen molar-refractivity contribution in [1.82, 2.24) is 5.43 Å². The van der Waals surface area contributed by atoms with Crippen molar-refractivity contribution in [2.24, 2.45) is 10.3 Å². The number of oxime groups is 1. The number of rotatable bonds is 9. The molecule has 12 heteroatoms. The molecule has 4 rings (SSSR count). The standard InChI is InChI=1S/C24H25N3O9/c1-4-33-24(30)17-10-13(36-27-17)9-15-16(11-25-26-23(29)14-7-5-6-8-18(14)28)20(32-3)22-21(19(15)31-2)34-12-35-22/h5-8,11,13,28H,4,9-10,12H2,1-3H3,(H,26,29)/b25-11+/t13-/m1/s1. The van der Waals surface area contributed by atoms with Crippen LogP contribution >= 0.6 is 0 Å². The maximum atomic E-state index is 12.5. The lowest BCUT2D eigenvalue weighted by molar-refractivity contribution is -0.135. The molecular formula is C24H25N3O9. The molecule has 0 bridgehead atoms. The van der Waals surface area contributed by atoms with Crippen LogP contribution in [0.4, 0.5) is 0 Å². The van der Waals surface area contributed by atoms with E-state index in [1.165, 1.54) is 32.6 Å². The Bertz CT molecular complexity index is 1230. The van der Waals surface area contributed by atoms with Gasteiger partial charge >= 0.3 is 5.97 Å². The summed E-state index contributed by atoms with van der Waals surface area (Å²) in [6.07, 6.45) is 1.32. The Morgan fingerprint density at radius 2 is 1.92 bits per heavy atom. The second kappa shape index (κ2) is 10.8. The van der Waals surface area contributed by atoms with Gasteiger partial charge in [0, 0.05) is 24.0 Å². The predicted octanol–water partition coefficient (Wildman–Crippen LogP) is 2.15. The Balaban J connectivity index is 1.65. The molecule has 2 aromatic rings. The zero-order valence-corrected chi connectivity index (χ0v) is 19.9. The number of hydrogen-bond donors (Lipinski definition) is 2. The molecule has 2 aliphatic heterocycles. The summed E-state index contributed by atoms with van der Waals surface area (Å²) in [4.78, 5) is 30.0. The van der Waals surface area contributed by atoms with Gasteiger partial charge in [0.05, 0.1) is 32.6 Å². The van der Waals surface area contributed by atoms with E-state index in [9.17, 15) is 14.7 Å². The van der Waals surface area contributed by atoms with E-state index in [-0.39, 0.29) is 43.3 Å². The van der Waals surface area contributed by atoms with E-state index in [0.29, 0.717) is 34.1 Å². The maximum absolute atomic E-state index is 12.5. The first-order valence-electron chi connectivity index (χ1n) is 11.1. The van der Waals surface area contributed by atoms with Gasteiger partial charge in [-0.15, -0.1) is 0 Å². The Labute approximate surface area is 206 Å². The number of ether oxygens (including phenoxy) is 5. The SMILES string of the molecule is CCOC(=O)C1=NO[C@H](Cc2c(/C=N/NC(=O)c3ccccc3O)c(OC)c3c(c2OC)OCO3)C1. The molecule has 0 aliphatic carbocycles. The number of carbonyl (C=O) groups is 2. The van der Waals surface area contributed by atoms with Crippen molar-refractivity contribution >= 4 is 23.8 Å². The van der Waals surface area contributed by atoms with E-state index in [0.717, 1.165) is 0 Å². The Morgan fingerprint density at radius 3 is 2.61 bits per heavy atom. The predicted molar refractivity (Wildman–Crippen MR) is 126 cm³/mol. The number of nitrogens with one attached hydrogen (secondary N) is 1. The van der Waals surface area contributed by atoms with Crippen molar-refractivity contribution in [3.8, 4) is 28.7 Å². The van der Waals surface area contributed by atoms with Gasteiger partial charge < -0.3 is 33.6 Å². The normalized spacial score (nSPS) is 15.9. The van der Waals surface area contributed by atoms with Gasteiger partial charge in [0.1, 0.15) is 11.9 Å². The van der Waals surface area contributed by atoms with Gasteiger partial charge in [0.25, 0.3) is 5.91 Å². The molecule has 2 aromatic carbocycles. The zero-order chi connectivity index (χ0) is 25.7. The lowest BCUT2D eigenvalue weighted by Crippen LogP contribution is -2.20. The first-order valence-corrected chi connectivity index (χ1v) is 11.1. The third-order valence-corrected chi connectivity index (χ3v) is 5.46. The number of esters is 1. The smallest absolute Gasteiger partial charge is 0.356 e. The van der Waals surface area contributed by atoms with E-state index in [2.05, 4.69) is 15.7 Å². The number of benzene rings is 2. The molecule has 0 spiro atoms. The van der Waals surface area contributed by atoms with Gasteiger partial charge in [-0.25, -0.2) is 10.2 Å². The molecule has 0 saturated carbocycles. The van der Waals surface area contributed by atoms with Crippen LogP contribution in [0.5, 0.6) is 28.7 Å². The fraction of sp³-hybridized carbons (Fsp3) is 0.333. The van der Waals surface area contributed by atoms with Gasteiger partial charge in [0.15, 0.2) is 17.2 Å². The number of phenolic OH excluding ortho intramolecular Hbond substituents is 1. The monoisotopic (exact) mass is 499 g/mol. The number of nitrogens with zero attached hydrogens (tertiary/aromatic N) is 2. The minimum atomic E-state index is -0.607. The van der Waals surface area contributed by atoms with Crippen LogP contribution in [0.25, 0.3) is 0 Å². The largest absolute Gasteiger partial charge is 0.507 e. The van der Waals surface area contributed by atoms with Gasteiger partial charge in [-0.2, -0.15) is 5.10 Å². The van der Waals surface area contributed by atoms with Crippen molar-refractivity contribution in [1.29, 1.82) is 0 Å². The number of hydrogen-bond acceptors (Lipinski definition) is 11. The Hall–Kier alpha value is -4.48. The number of amides is 1. The number of para-hydroxylation sites is 1. The molecule has 0 fully saturated rings. The van der Waals surface area contributed by atoms with Crippen molar-refractivity contribution in [3.05, 3.63) is 41.0 Å². The molecule has 0 saturated heterocycles. The summed E-state index contributed by atoms with van der Waals surface area (Å²) in [5.74, 6) is 0.0251. The lowest BCUT2D eigenvalue weighted by Gasteiger charge is -2.19. The highest BCUT2D eigenvalue weighted by Gasteiger charge is 2.34. The molecule has 2 N–H and O–H groups in total. The molecule has 12 nitrogen and oxygen atoms in total. The van der Waals surface area contributed by atoms with Crippen LogP contribution < -0.4 is 24.4 Å². The van der Waals surface area contributed by atoms with Crippen LogP contribution in [-0.2, 0) is 20.8 Å². The van der Waals surface area contributed by atoms with Gasteiger partial charge in [-0.05, 0) is 19.1 Å². The molecule has 0 aromatic heterocycles. The van der Waals surface area contributed by atoms with Gasteiger partial charge in [-0.3, -0.25) is 4.79 Å². The minimum absolute atomic E-state index is 0.0395. The number of fused-ring (bicyclic) bond motifs is 1. The average Bonchev–Trinajstić information content (AvgIpc) is 3.54. The molecular weight excluding hydrogens is 474 g/mol. The molecule has 1 atom stereocenters. The van der Waals surface area contributed by atoms with E-state index < -0.39 is 18.0 Å². The number of hydrazone groups is 1. The lowest BCUT2D eigenvalue weighted by atomic mass is 9.96. The molecule has 0 unspecified atom stereocenters. The Kier molecular flexibility index (Phi) is 7.42. The van der Waals surface area contributed by atoms with E-state index in [1.54, 1.807) is 19.1 Å². The maximum Gasteiger partial charge on any atom is 0.356 e. The van der Waals surface area contributed by atoms with Crippen LogP contribution in [0.2, 0.25) is 0 Å². The number of carbonyl (C=O) groups excluding carboxylic acids is 2. The van der Waals surface area contributed by atoms with Crippen LogP contribution in [0.3, 0.4) is 0 Å². The fourth-order valence-electron chi connectivity index (χ4n) is 3.87. The molecule has 36 heavy (non-hydrogen) atoms. The van der Waals surface area contributed by atoms with Crippen molar-refractivity contribution in [3.63, 3.8) is 0 Å². The zero-order valence-electron chi connectivity index (χ0n) is 19.9. The highest BCUT2D eigenvalue weighted by molar-refractivity contribution is 6.36. The summed E-state index contributed by atoms with van der Waals surface area (Å²) in [6, 6.07) is 6.09. The highest BCUT2D eigenvalue weighted by atomic mass is 16.7. The van der Waals surface area contributed by atoms with Crippen LogP contribution in [0, 0.1) is 0 Å². The van der Waals surface area contributed by atoms with E-state index >= 15 is 0 Å². The first kappa shape index (κ1) is 24.6. The quantitative estimate of drug-likeness (QED) is 0.301. The summed E-state index contributed by atoms with van der Waals surface area (Å²) in [6.45, 7) is 1.89. The topological polar surface area (TPSA) is 146 Å². The van der Waals surface area contributed by atoms with Crippen molar-refractivity contribution in [2.75, 3.05) is 27.6 Å². The van der Waals surface area contributed by atoms with Crippen molar-refractivity contribution in [2.45, 2.75) is 25.9 Å². The summed E-state index contributed by atoms with van der Waals surface area (Å²) in [5.41, 5.74) is 3.64. The Morgan fingerprint density at radius 1 is 1.19 bits per heavy atom. The first-order chi connectivity index (χ1) is 17.5. The molecule has 0 radical (unpaired) electrons. The summed E-state index contributed by atoms with van der Waals surface area (Å²) in [5, 5.41) is 17.8. The van der Waals surface area contributed by atoms with Crippen LogP contribution in [0.1, 0.15) is 34.8 Å². The number of phenols is 1. The molecule has 2 heterocycles. The van der Waals surface area contributed by atoms with Crippen molar-refractivity contribution < 1.29 is 43.2 Å². The van der Waals surface area contributed by atoms with E-state index in [4.69, 9.17) is 28.5 Å². The highest BCUT2D eigenvalue weighted by Crippen LogP contribution is 2.52. The van der Waals surface area contributed by atoms with Crippen LogP contribution in [-0.4, -0.2) is 62.6 Å². The summed E-state index contributed by atoms with van der Waals surface area (Å²) in [7, 11) is 2.93. The molecule has 2 aliphatic rings. The molecule has 190 valence electrons. The number of methoxy groups -OCH3 is 2. The average molecular weight is 499 g/mol. The fourth-order valence-corrected chi connectivity index (χ4v) is 3.87. The minimum Gasteiger partial charge on any atom is -0.507 e. The second-order valence-corrected chi connectivity index (χ2v) is 7.63. The van der Waals surface area contributed by atoms with Crippen LogP contribution in [0.15, 0.2) is 34.5 Å². The third kappa shape index (κ3) is 4.83. The van der Waals surface area contributed by atoms with Gasteiger partial charge in [-0.1, -0.05) is 17.3 Å². The second-order valence-electron chi connectivity index (χ2n) is 7.63.